The summed E-state index contributed by atoms with van der Waals surface area (Å²) < 4.78 is 0. The molecule has 0 aromatic carbocycles. The number of likely N-dealkylation sites (tertiary alicyclic amines) is 1. The van der Waals surface area contributed by atoms with Crippen molar-refractivity contribution in [3.8, 4) is 0 Å². The van der Waals surface area contributed by atoms with Crippen molar-refractivity contribution < 1.29 is 0 Å². The highest BCUT2D eigenvalue weighted by atomic mass is 15.2. The molecule has 0 radical (unpaired) electrons. The summed E-state index contributed by atoms with van der Waals surface area (Å²) in [4.78, 5) is 4.61. The van der Waals surface area contributed by atoms with E-state index >= 15 is 0 Å². The molecular weight excluding hydrogens is 198 g/mol. The van der Waals surface area contributed by atoms with Crippen LogP contribution in [-0.4, -0.2) is 49.4 Å². The van der Waals surface area contributed by atoms with Gasteiger partial charge in [0.25, 0.3) is 0 Å². The minimum Gasteiger partial charge on any atom is -0.363 e. The summed E-state index contributed by atoms with van der Waals surface area (Å²) in [7, 11) is 4.31. The Kier molecular flexibility index (Phi) is 3.85. The quantitative estimate of drug-likeness (QED) is 0.586. The lowest BCUT2D eigenvalue weighted by Crippen LogP contribution is -2.35. The van der Waals surface area contributed by atoms with Gasteiger partial charge in [-0.1, -0.05) is 12.8 Å². The minimum absolute atomic E-state index is 0.559. The maximum Gasteiger partial charge on any atom is 0.0986 e. The fourth-order valence-corrected chi connectivity index (χ4v) is 3.17. The Hall–Kier alpha value is -0.570. The van der Waals surface area contributed by atoms with E-state index in [-0.39, 0.29) is 0 Å². The average molecular weight is 223 g/mol. The van der Waals surface area contributed by atoms with E-state index in [0.29, 0.717) is 5.92 Å². The summed E-state index contributed by atoms with van der Waals surface area (Å²) in [6, 6.07) is 0. The Balaban J connectivity index is 1.78. The Labute approximate surface area is 99.3 Å². The van der Waals surface area contributed by atoms with E-state index in [2.05, 4.69) is 23.9 Å². The van der Waals surface area contributed by atoms with Crippen LogP contribution in [0.5, 0.6) is 0 Å². The highest BCUT2D eigenvalue weighted by Crippen LogP contribution is 2.27. The molecule has 1 saturated carbocycles. The molecule has 1 heterocycles. The van der Waals surface area contributed by atoms with Crippen LogP contribution in [-0.2, 0) is 0 Å². The van der Waals surface area contributed by atoms with E-state index in [4.69, 9.17) is 5.41 Å². The zero-order chi connectivity index (χ0) is 11.5. The molecule has 2 aliphatic rings. The molecule has 0 aromatic heterocycles. The Bertz CT molecular complexity index is 246. The van der Waals surface area contributed by atoms with E-state index in [1.807, 2.05) is 0 Å². The fraction of sp³-hybridized carbons (Fsp3) is 0.923. The number of amidine groups is 1. The second kappa shape index (κ2) is 5.17. The van der Waals surface area contributed by atoms with Gasteiger partial charge in [-0.3, -0.25) is 5.41 Å². The number of hydrogen-bond acceptors (Lipinski definition) is 2. The van der Waals surface area contributed by atoms with Gasteiger partial charge in [0, 0.05) is 26.1 Å². The molecule has 3 heteroatoms. The van der Waals surface area contributed by atoms with Crippen LogP contribution in [0.3, 0.4) is 0 Å². The largest absolute Gasteiger partial charge is 0.363 e. The Morgan fingerprint density at radius 3 is 2.56 bits per heavy atom. The van der Waals surface area contributed by atoms with Crippen LogP contribution in [0.15, 0.2) is 0 Å². The van der Waals surface area contributed by atoms with Gasteiger partial charge in [0.1, 0.15) is 0 Å². The van der Waals surface area contributed by atoms with Gasteiger partial charge in [0.05, 0.1) is 5.84 Å². The zero-order valence-corrected chi connectivity index (χ0v) is 10.7. The molecule has 3 nitrogen and oxygen atoms in total. The predicted molar refractivity (Wildman–Crippen MR) is 67.9 cm³/mol. The molecule has 0 spiro atoms. The smallest absolute Gasteiger partial charge is 0.0986 e. The van der Waals surface area contributed by atoms with Crippen LogP contribution in [0.1, 0.15) is 32.1 Å². The van der Waals surface area contributed by atoms with Gasteiger partial charge in [0.2, 0.25) is 0 Å². The molecule has 1 saturated heterocycles. The van der Waals surface area contributed by atoms with Crippen LogP contribution in [0, 0.1) is 17.2 Å². The van der Waals surface area contributed by atoms with Crippen molar-refractivity contribution in [2.45, 2.75) is 32.1 Å². The summed E-state index contributed by atoms with van der Waals surface area (Å²) in [6.45, 7) is 3.53. The van der Waals surface area contributed by atoms with Crippen molar-refractivity contribution in [3.63, 3.8) is 0 Å². The average Bonchev–Trinajstić information content (AvgIpc) is 2.88. The van der Waals surface area contributed by atoms with Gasteiger partial charge in [0.15, 0.2) is 0 Å². The second-order valence-corrected chi connectivity index (χ2v) is 5.66. The third-order valence-corrected chi connectivity index (χ3v) is 4.17. The van der Waals surface area contributed by atoms with Gasteiger partial charge < -0.3 is 9.80 Å². The minimum atomic E-state index is 0.559. The van der Waals surface area contributed by atoms with Crippen molar-refractivity contribution in [3.05, 3.63) is 0 Å². The highest BCUT2D eigenvalue weighted by Gasteiger charge is 2.25. The van der Waals surface area contributed by atoms with Crippen LogP contribution in [0.25, 0.3) is 0 Å². The third kappa shape index (κ3) is 2.76. The van der Waals surface area contributed by atoms with E-state index in [1.165, 1.54) is 45.2 Å². The number of rotatable bonds is 3. The highest BCUT2D eigenvalue weighted by molar-refractivity contribution is 5.81. The lowest BCUT2D eigenvalue weighted by molar-refractivity contribution is 0.345. The summed E-state index contributed by atoms with van der Waals surface area (Å²) in [5.41, 5.74) is 0. The second-order valence-electron chi connectivity index (χ2n) is 5.66. The maximum absolute atomic E-state index is 8.22. The van der Waals surface area contributed by atoms with E-state index in [9.17, 15) is 0 Å². The third-order valence-electron chi connectivity index (χ3n) is 4.17. The molecule has 0 bridgehead atoms. The van der Waals surface area contributed by atoms with Crippen molar-refractivity contribution in [2.24, 2.45) is 11.8 Å². The summed E-state index contributed by atoms with van der Waals surface area (Å²) in [6.07, 6.45) is 6.44. The lowest BCUT2D eigenvalue weighted by Gasteiger charge is -2.26. The van der Waals surface area contributed by atoms with E-state index in [0.717, 1.165) is 18.3 Å². The zero-order valence-electron chi connectivity index (χ0n) is 10.7. The molecule has 0 amide bonds. The van der Waals surface area contributed by atoms with Crippen LogP contribution >= 0.6 is 0 Å². The normalized spacial score (nSPS) is 27.5. The van der Waals surface area contributed by atoms with Crippen molar-refractivity contribution >= 4 is 5.84 Å². The number of nitrogens with zero attached hydrogens (tertiary/aromatic N) is 2. The first kappa shape index (κ1) is 11.9. The van der Waals surface area contributed by atoms with Crippen molar-refractivity contribution in [1.29, 1.82) is 5.41 Å². The van der Waals surface area contributed by atoms with Gasteiger partial charge in [-0.2, -0.15) is 0 Å². The predicted octanol–water partition coefficient (Wildman–Crippen LogP) is 2.04. The first-order valence-electron chi connectivity index (χ1n) is 6.65. The molecule has 1 aliphatic carbocycles. The van der Waals surface area contributed by atoms with E-state index in [1.54, 1.807) is 0 Å². The molecule has 92 valence electrons. The molecule has 1 atom stereocenters. The molecule has 0 aromatic rings. The molecule has 2 fully saturated rings. The standard InChI is InChI=1S/C13H25N3/c1-15-8-7-11(9-15)10-16(2)13(14)12-5-3-4-6-12/h11-12,14H,3-10H2,1-2H3. The first-order chi connectivity index (χ1) is 7.66. The van der Waals surface area contributed by atoms with Crippen LogP contribution in [0.4, 0.5) is 0 Å². The topological polar surface area (TPSA) is 30.3 Å². The maximum atomic E-state index is 8.22. The molecule has 1 N–H and O–H groups in total. The molecule has 1 aliphatic heterocycles. The molecule has 16 heavy (non-hydrogen) atoms. The molecule has 2 rings (SSSR count). The fourth-order valence-electron chi connectivity index (χ4n) is 3.17. The number of hydrogen-bond donors (Lipinski definition) is 1. The monoisotopic (exact) mass is 223 g/mol. The Morgan fingerprint density at radius 2 is 2.00 bits per heavy atom. The van der Waals surface area contributed by atoms with Gasteiger partial charge in [-0.15, -0.1) is 0 Å². The van der Waals surface area contributed by atoms with Crippen molar-refractivity contribution in [2.75, 3.05) is 33.7 Å². The molecule has 1 unspecified atom stereocenters. The van der Waals surface area contributed by atoms with Gasteiger partial charge in [-0.05, 0) is 38.8 Å². The lowest BCUT2D eigenvalue weighted by atomic mass is 10.0. The first-order valence-corrected chi connectivity index (χ1v) is 6.65. The summed E-state index contributed by atoms with van der Waals surface area (Å²) in [5, 5.41) is 8.22. The SMILES string of the molecule is CN1CCC(CN(C)C(=N)C2CCCC2)C1. The number of nitrogens with one attached hydrogen (secondary N) is 1. The van der Waals surface area contributed by atoms with Gasteiger partial charge in [-0.25, -0.2) is 0 Å². The van der Waals surface area contributed by atoms with Crippen LogP contribution in [0.2, 0.25) is 0 Å². The molecular formula is C13H25N3. The van der Waals surface area contributed by atoms with Gasteiger partial charge >= 0.3 is 0 Å². The van der Waals surface area contributed by atoms with E-state index < -0.39 is 0 Å². The Morgan fingerprint density at radius 1 is 1.31 bits per heavy atom. The summed E-state index contributed by atoms with van der Waals surface area (Å²) >= 11 is 0. The van der Waals surface area contributed by atoms with Crippen LogP contribution < -0.4 is 0 Å². The van der Waals surface area contributed by atoms with Crippen molar-refractivity contribution in [1.82, 2.24) is 9.80 Å². The summed E-state index contributed by atoms with van der Waals surface area (Å²) in [5.74, 6) is 2.23.